The standard InChI is InChI=1S/C16H33N3/c1-12-6-7-14(10-13(12)2)16(17-3)15-11-18(4)8-9-19(15)5/h12-17H,6-11H2,1-5H3. The van der Waals surface area contributed by atoms with E-state index in [1.54, 1.807) is 0 Å². The van der Waals surface area contributed by atoms with Gasteiger partial charge in [-0.25, -0.2) is 0 Å². The van der Waals surface area contributed by atoms with Gasteiger partial charge in [-0.3, -0.25) is 4.90 Å². The molecule has 1 aliphatic heterocycles. The van der Waals surface area contributed by atoms with Gasteiger partial charge in [0.05, 0.1) is 0 Å². The van der Waals surface area contributed by atoms with Crippen LogP contribution in [0.4, 0.5) is 0 Å². The average Bonchev–Trinajstić information content (AvgIpc) is 2.38. The third kappa shape index (κ3) is 3.50. The Balaban J connectivity index is 2.02. The van der Waals surface area contributed by atoms with Gasteiger partial charge < -0.3 is 10.2 Å². The zero-order chi connectivity index (χ0) is 14.0. The van der Waals surface area contributed by atoms with E-state index in [-0.39, 0.29) is 0 Å². The van der Waals surface area contributed by atoms with Gasteiger partial charge in [-0.05, 0) is 51.7 Å². The van der Waals surface area contributed by atoms with Gasteiger partial charge in [-0.15, -0.1) is 0 Å². The summed E-state index contributed by atoms with van der Waals surface area (Å²) in [4.78, 5) is 5.06. The van der Waals surface area contributed by atoms with Crippen molar-refractivity contribution in [3.63, 3.8) is 0 Å². The molecule has 5 atom stereocenters. The molecular weight excluding hydrogens is 234 g/mol. The summed E-state index contributed by atoms with van der Waals surface area (Å²) in [5, 5.41) is 3.66. The summed E-state index contributed by atoms with van der Waals surface area (Å²) in [5.74, 6) is 2.66. The molecule has 0 spiro atoms. The number of likely N-dealkylation sites (N-methyl/N-ethyl adjacent to an activating group) is 3. The highest BCUT2D eigenvalue weighted by Gasteiger charge is 2.36. The highest BCUT2D eigenvalue weighted by atomic mass is 15.3. The monoisotopic (exact) mass is 267 g/mol. The SMILES string of the molecule is CNC(C1CCC(C)C(C)C1)C1CN(C)CCN1C. The Bertz CT molecular complexity index is 281. The molecule has 1 saturated heterocycles. The van der Waals surface area contributed by atoms with Crippen molar-refractivity contribution in [1.82, 2.24) is 15.1 Å². The lowest BCUT2D eigenvalue weighted by Gasteiger charge is -2.46. The fraction of sp³-hybridized carbons (Fsp3) is 1.00. The second kappa shape index (κ2) is 6.55. The van der Waals surface area contributed by atoms with Crippen LogP contribution in [0.1, 0.15) is 33.1 Å². The molecule has 0 aromatic rings. The molecule has 1 N–H and O–H groups in total. The minimum Gasteiger partial charge on any atom is -0.315 e. The third-order valence-electron chi connectivity index (χ3n) is 5.79. The number of nitrogens with zero attached hydrogens (tertiary/aromatic N) is 2. The molecule has 0 aromatic carbocycles. The summed E-state index contributed by atoms with van der Waals surface area (Å²) < 4.78 is 0. The summed E-state index contributed by atoms with van der Waals surface area (Å²) in [6.07, 6.45) is 4.22. The van der Waals surface area contributed by atoms with E-state index < -0.39 is 0 Å². The predicted octanol–water partition coefficient (Wildman–Crippen LogP) is 1.89. The van der Waals surface area contributed by atoms with Crippen LogP contribution in [0.3, 0.4) is 0 Å². The Morgan fingerprint density at radius 1 is 1.05 bits per heavy atom. The van der Waals surface area contributed by atoms with Crippen LogP contribution >= 0.6 is 0 Å². The van der Waals surface area contributed by atoms with E-state index in [0.29, 0.717) is 12.1 Å². The zero-order valence-electron chi connectivity index (χ0n) is 13.5. The first-order chi connectivity index (χ1) is 9.02. The lowest BCUT2D eigenvalue weighted by Crippen LogP contribution is -2.60. The first-order valence-corrected chi connectivity index (χ1v) is 8.09. The van der Waals surface area contributed by atoms with Crippen molar-refractivity contribution in [2.75, 3.05) is 40.8 Å². The van der Waals surface area contributed by atoms with E-state index in [1.807, 2.05) is 0 Å². The Morgan fingerprint density at radius 2 is 1.79 bits per heavy atom. The van der Waals surface area contributed by atoms with Crippen LogP contribution in [-0.4, -0.2) is 62.7 Å². The number of rotatable bonds is 3. The molecule has 3 heteroatoms. The largest absolute Gasteiger partial charge is 0.315 e. The van der Waals surface area contributed by atoms with Gasteiger partial charge in [0.1, 0.15) is 0 Å². The number of piperazine rings is 1. The van der Waals surface area contributed by atoms with E-state index in [0.717, 1.165) is 17.8 Å². The molecule has 0 amide bonds. The Labute approximate surface area is 119 Å². The quantitative estimate of drug-likeness (QED) is 0.842. The fourth-order valence-electron chi connectivity index (χ4n) is 4.09. The van der Waals surface area contributed by atoms with E-state index in [4.69, 9.17) is 0 Å². The van der Waals surface area contributed by atoms with E-state index in [2.05, 4.69) is 50.1 Å². The van der Waals surface area contributed by atoms with Crippen LogP contribution in [-0.2, 0) is 0 Å². The topological polar surface area (TPSA) is 18.5 Å². The van der Waals surface area contributed by atoms with Crippen molar-refractivity contribution in [2.45, 2.75) is 45.2 Å². The fourth-order valence-corrected chi connectivity index (χ4v) is 4.09. The Hall–Kier alpha value is -0.120. The van der Waals surface area contributed by atoms with Crippen LogP contribution in [0.2, 0.25) is 0 Å². The maximum absolute atomic E-state index is 3.66. The van der Waals surface area contributed by atoms with E-state index in [9.17, 15) is 0 Å². The summed E-state index contributed by atoms with van der Waals surface area (Å²) in [6, 6.07) is 1.33. The van der Waals surface area contributed by atoms with Crippen LogP contribution in [0.5, 0.6) is 0 Å². The molecule has 0 aromatic heterocycles. The van der Waals surface area contributed by atoms with Gasteiger partial charge in [0.15, 0.2) is 0 Å². The lowest BCUT2D eigenvalue weighted by molar-refractivity contribution is 0.0534. The molecule has 3 nitrogen and oxygen atoms in total. The van der Waals surface area contributed by atoms with E-state index in [1.165, 1.54) is 38.9 Å². The summed E-state index contributed by atoms with van der Waals surface area (Å²) >= 11 is 0. The molecule has 0 radical (unpaired) electrons. The van der Waals surface area contributed by atoms with Crippen molar-refractivity contribution in [3.05, 3.63) is 0 Å². The highest BCUT2D eigenvalue weighted by Crippen LogP contribution is 2.36. The highest BCUT2D eigenvalue weighted by molar-refractivity contribution is 4.94. The van der Waals surface area contributed by atoms with Crippen LogP contribution < -0.4 is 5.32 Å². The molecular formula is C16H33N3. The Morgan fingerprint density at radius 3 is 2.42 bits per heavy atom. The molecule has 5 unspecified atom stereocenters. The van der Waals surface area contributed by atoms with Crippen molar-refractivity contribution in [3.8, 4) is 0 Å². The molecule has 2 fully saturated rings. The molecule has 2 rings (SSSR count). The molecule has 1 aliphatic carbocycles. The smallest absolute Gasteiger partial charge is 0.0376 e. The number of nitrogens with one attached hydrogen (secondary N) is 1. The molecule has 112 valence electrons. The molecule has 1 saturated carbocycles. The molecule has 1 heterocycles. The average molecular weight is 267 g/mol. The summed E-state index contributed by atoms with van der Waals surface area (Å²) in [6.45, 7) is 8.50. The van der Waals surface area contributed by atoms with E-state index >= 15 is 0 Å². The van der Waals surface area contributed by atoms with Gasteiger partial charge in [-0.1, -0.05) is 20.3 Å². The second-order valence-corrected chi connectivity index (χ2v) is 7.15. The van der Waals surface area contributed by atoms with Crippen LogP contribution in [0, 0.1) is 17.8 Å². The van der Waals surface area contributed by atoms with Gasteiger partial charge in [0.25, 0.3) is 0 Å². The number of hydrogen-bond donors (Lipinski definition) is 1. The van der Waals surface area contributed by atoms with Gasteiger partial charge >= 0.3 is 0 Å². The maximum Gasteiger partial charge on any atom is 0.0376 e. The van der Waals surface area contributed by atoms with Crippen molar-refractivity contribution in [1.29, 1.82) is 0 Å². The summed E-state index contributed by atoms with van der Waals surface area (Å²) in [7, 11) is 6.73. The normalized spacial score (nSPS) is 40.3. The van der Waals surface area contributed by atoms with Crippen molar-refractivity contribution in [2.24, 2.45) is 17.8 Å². The first kappa shape index (κ1) is 15.3. The maximum atomic E-state index is 3.66. The third-order valence-corrected chi connectivity index (χ3v) is 5.79. The first-order valence-electron chi connectivity index (χ1n) is 8.09. The van der Waals surface area contributed by atoms with Gasteiger partial charge in [-0.2, -0.15) is 0 Å². The number of hydrogen-bond acceptors (Lipinski definition) is 3. The van der Waals surface area contributed by atoms with Gasteiger partial charge in [0.2, 0.25) is 0 Å². The molecule has 0 bridgehead atoms. The second-order valence-electron chi connectivity index (χ2n) is 7.15. The van der Waals surface area contributed by atoms with Crippen LogP contribution in [0.25, 0.3) is 0 Å². The lowest BCUT2D eigenvalue weighted by atomic mass is 9.71. The minimum absolute atomic E-state index is 0.655. The summed E-state index contributed by atoms with van der Waals surface area (Å²) in [5.41, 5.74) is 0. The zero-order valence-corrected chi connectivity index (χ0v) is 13.5. The minimum atomic E-state index is 0.655. The van der Waals surface area contributed by atoms with Gasteiger partial charge in [0, 0.05) is 31.7 Å². The molecule has 19 heavy (non-hydrogen) atoms. The van der Waals surface area contributed by atoms with Crippen molar-refractivity contribution < 1.29 is 0 Å². The Kier molecular flexibility index (Phi) is 5.27. The molecule has 2 aliphatic rings. The van der Waals surface area contributed by atoms with Crippen LogP contribution in [0.15, 0.2) is 0 Å². The van der Waals surface area contributed by atoms with Crippen molar-refractivity contribution >= 4 is 0 Å². The predicted molar refractivity (Wildman–Crippen MR) is 82.4 cm³/mol.